The van der Waals surface area contributed by atoms with Gasteiger partial charge >= 0.3 is 0 Å². The van der Waals surface area contributed by atoms with Gasteiger partial charge in [-0.1, -0.05) is 24.9 Å². The Morgan fingerprint density at radius 2 is 2.09 bits per heavy atom. The van der Waals surface area contributed by atoms with Gasteiger partial charge in [-0.25, -0.2) is 0 Å². The lowest BCUT2D eigenvalue weighted by molar-refractivity contribution is 0.668. The monoisotopic (exact) mass is 175 g/mol. The quantitative estimate of drug-likeness (QED) is 0.395. The van der Waals surface area contributed by atoms with Gasteiger partial charge in [-0.2, -0.15) is 0 Å². The molecule has 5 N–H and O–H groups in total. The Morgan fingerprint density at radius 1 is 1.36 bits per heavy atom. The Hall–Kier alpha value is -0.350. The highest BCUT2D eigenvalue weighted by Crippen LogP contribution is 1.98. The van der Waals surface area contributed by atoms with Crippen molar-refractivity contribution >= 4 is 11.9 Å². The number of nitrogens with one attached hydrogen (secondary N) is 1. The summed E-state index contributed by atoms with van der Waals surface area (Å²) in [5, 5.41) is 8.23. The van der Waals surface area contributed by atoms with Crippen molar-refractivity contribution in [1.82, 2.24) is 5.32 Å². The van der Waals surface area contributed by atoms with Crippen LogP contribution in [0.3, 0.4) is 0 Å². The molecular formula is C7H17N3S. The number of rotatable bonds is 7. The van der Waals surface area contributed by atoms with Gasteiger partial charge in [-0.3, -0.25) is 5.14 Å². The normalized spacial score (nSPS) is 9.55. The van der Waals surface area contributed by atoms with Crippen molar-refractivity contribution in [2.45, 2.75) is 19.3 Å². The Balaban J connectivity index is 2.85. The van der Waals surface area contributed by atoms with Crippen LogP contribution in [0.1, 0.15) is 19.3 Å². The Morgan fingerprint density at radius 3 is 2.64 bits per heavy atom. The minimum absolute atomic E-state index is 0.554. The zero-order valence-corrected chi connectivity index (χ0v) is 7.62. The van der Waals surface area contributed by atoms with Crippen LogP contribution in [-0.2, 0) is 0 Å². The Labute approximate surface area is 72.7 Å². The third kappa shape index (κ3) is 9.65. The maximum Gasteiger partial charge on any atom is 0.0885 e. The summed E-state index contributed by atoms with van der Waals surface area (Å²) >= 11 is 1.40. The van der Waals surface area contributed by atoms with E-state index >= 15 is 0 Å². The fourth-order valence-electron chi connectivity index (χ4n) is 0.736. The summed E-state index contributed by atoms with van der Waals surface area (Å²) in [6, 6.07) is 0. The molecule has 0 unspecified atom stereocenters. The molecule has 0 radical (unpaired) electrons. The van der Waals surface area contributed by atoms with Crippen LogP contribution >= 0.6 is 11.9 Å². The highest BCUT2D eigenvalue weighted by atomic mass is 32.2. The van der Waals surface area contributed by atoms with Gasteiger partial charge in [-0.15, -0.1) is 0 Å². The van der Waals surface area contributed by atoms with Gasteiger partial charge in [0.2, 0.25) is 0 Å². The maximum absolute atomic E-state index is 5.30. The number of hydrogen-bond donors (Lipinski definition) is 3. The fourth-order valence-corrected chi connectivity index (χ4v) is 1.11. The highest BCUT2D eigenvalue weighted by molar-refractivity contribution is 7.97. The second-order valence-corrected chi connectivity index (χ2v) is 3.13. The molecule has 66 valence electrons. The average molecular weight is 175 g/mol. The zero-order chi connectivity index (χ0) is 8.53. The molecule has 0 fully saturated rings. The molecule has 0 saturated carbocycles. The first kappa shape index (κ1) is 10.7. The average Bonchev–Trinajstić information content (AvgIpc) is 1.96. The number of hydrogen-bond acceptors (Lipinski definition) is 4. The molecule has 0 aliphatic rings. The minimum Gasteiger partial charge on any atom is -0.386 e. The third-order valence-corrected chi connectivity index (χ3v) is 1.82. The van der Waals surface area contributed by atoms with E-state index < -0.39 is 0 Å². The molecule has 0 saturated heterocycles. The van der Waals surface area contributed by atoms with Crippen LogP contribution in [0.2, 0.25) is 0 Å². The number of unbranched alkanes of at least 4 members (excludes halogenated alkanes) is 2. The Bertz CT molecular complexity index is 106. The van der Waals surface area contributed by atoms with Crippen LogP contribution in [0.15, 0.2) is 12.4 Å². The van der Waals surface area contributed by atoms with Crippen molar-refractivity contribution in [3.8, 4) is 0 Å². The summed E-state index contributed by atoms with van der Waals surface area (Å²) in [5.74, 6) is 1.60. The summed E-state index contributed by atoms with van der Waals surface area (Å²) in [6.07, 6.45) is 3.52. The van der Waals surface area contributed by atoms with E-state index in [1.807, 2.05) is 0 Å². The van der Waals surface area contributed by atoms with E-state index in [0.29, 0.717) is 5.82 Å². The molecule has 0 aromatic carbocycles. The van der Waals surface area contributed by atoms with Crippen LogP contribution in [0.5, 0.6) is 0 Å². The van der Waals surface area contributed by atoms with Crippen LogP contribution in [0.4, 0.5) is 0 Å². The van der Waals surface area contributed by atoms with Crippen LogP contribution in [0, 0.1) is 0 Å². The molecule has 0 aliphatic heterocycles. The molecule has 0 aromatic rings. The van der Waals surface area contributed by atoms with E-state index in [0.717, 1.165) is 18.7 Å². The van der Waals surface area contributed by atoms with Crippen LogP contribution in [0.25, 0.3) is 0 Å². The molecule has 0 aromatic heterocycles. The second kappa shape index (κ2) is 7.75. The standard InChI is InChI=1S/C7H17N3S/c1-7(8)10-5-3-2-4-6-11-9/h10H,1-6,8-9H2. The van der Waals surface area contributed by atoms with Crippen LogP contribution < -0.4 is 16.2 Å². The van der Waals surface area contributed by atoms with Crippen LogP contribution in [-0.4, -0.2) is 12.3 Å². The molecule has 0 aliphatic carbocycles. The van der Waals surface area contributed by atoms with E-state index in [1.54, 1.807) is 0 Å². The predicted octanol–water partition coefficient (Wildman–Crippen LogP) is 0.783. The van der Waals surface area contributed by atoms with Crippen molar-refractivity contribution in [2.24, 2.45) is 10.9 Å². The molecule has 0 atom stereocenters. The lowest BCUT2D eigenvalue weighted by Gasteiger charge is -2.03. The Kier molecular flexibility index (Phi) is 7.51. The van der Waals surface area contributed by atoms with Crippen molar-refractivity contribution in [2.75, 3.05) is 12.3 Å². The van der Waals surface area contributed by atoms with Gasteiger partial charge in [0.05, 0.1) is 5.82 Å². The third-order valence-electron chi connectivity index (χ3n) is 1.29. The first-order valence-corrected chi connectivity index (χ1v) is 4.82. The summed E-state index contributed by atoms with van der Waals surface area (Å²) < 4.78 is 0. The molecular weight excluding hydrogens is 158 g/mol. The molecule has 0 spiro atoms. The van der Waals surface area contributed by atoms with Gasteiger partial charge in [0.15, 0.2) is 0 Å². The molecule has 0 bridgehead atoms. The number of nitrogens with two attached hydrogens (primary N) is 2. The van der Waals surface area contributed by atoms with Gasteiger partial charge in [-0.05, 0) is 12.8 Å². The molecule has 3 nitrogen and oxygen atoms in total. The fraction of sp³-hybridized carbons (Fsp3) is 0.714. The summed E-state index contributed by atoms with van der Waals surface area (Å²) in [5.41, 5.74) is 5.30. The smallest absolute Gasteiger partial charge is 0.0885 e. The van der Waals surface area contributed by atoms with E-state index in [9.17, 15) is 0 Å². The van der Waals surface area contributed by atoms with Gasteiger partial charge in [0.25, 0.3) is 0 Å². The van der Waals surface area contributed by atoms with Crippen molar-refractivity contribution < 1.29 is 0 Å². The van der Waals surface area contributed by atoms with E-state index in [1.165, 1.54) is 24.8 Å². The van der Waals surface area contributed by atoms with Gasteiger partial charge < -0.3 is 11.1 Å². The van der Waals surface area contributed by atoms with Gasteiger partial charge in [0, 0.05) is 12.3 Å². The molecule has 4 heteroatoms. The molecule has 0 amide bonds. The second-order valence-electron chi connectivity index (χ2n) is 2.38. The van der Waals surface area contributed by atoms with Crippen molar-refractivity contribution in [1.29, 1.82) is 0 Å². The van der Waals surface area contributed by atoms with E-state index in [2.05, 4.69) is 11.9 Å². The SMILES string of the molecule is C=C(N)NCCCCCSN. The topological polar surface area (TPSA) is 64.1 Å². The van der Waals surface area contributed by atoms with Gasteiger partial charge in [0.1, 0.15) is 0 Å². The largest absolute Gasteiger partial charge is 0.386 e. The lowest BCUT2D eigenvalue weighted by atomic mass is 10.2. The molecule has 0 rings (SSSR count). The summed E-state index contributed by atoms with van der Waals surface area (Å²) in [7, 11) is 0. The summed E-state index contributed by atoms with van der Waals surface area (Å²) in [4.78, 5) is 0. The highest BCUT2D eigenvalue weighted by Gasteiger charge is 1.88. The first-order chi connectivity index (χ1) is 5.27. The van der Waals surface area contributed by atoms with E-state index in [-0.39, 0.29) is 0 Å². The lowest BCUT2D eigenvalue weighted by Crippen LogP contribution is -2.19. The van der Waals surface area contributed by atoms with Crippen molar-refractivity contribution in [3.05, 3.63) is 12.4 Å². The van der Waals surface area contributed by atoms with Crippen molar-refractivity contribution in [3.63, 3.8) is 0 Å². The minimum atomic E-state index is 0.554. The van der Waals surface area contributed by atoms with E-state index in [4.69, 9.17) is 10.9 Å². The maximum atomic E-state index is 5.30. The summed E-state index contributed by atoms with van der Waals surface area (Å²) in [6.45, 7) is 4.45. The first-order valence-electron chi connectivity index (χ1n) is 3.77. The molecule has 0 heterocycles. The molecule has 11 heavy (non-hydrogen) atoms. The zero-order valence-electron chi connectivity index (χ0n) is 6.81. The predicted molar refractivity (Wildman–Crippen MR) is 51.8 cm³/mol.